The van der Waals surface area contributed by atoms with E-state index < -0.39 is 12.0 Å². The molecule has 2 N–H and O–H groups in total. The van der Waals surface area contributed by atoms with Gasteiger partial charge in [0.25, 0.3) is 5.91 Å². The van der Waals surface area contributed by atoms with Crippen LogP contribution in [0.25, 0.3) is 0 Å². The largest absolute Gasteiger partial charge is 0.480 e. The molecule has 0 saturated carbocycles. The van der Waals surface area contributed by atoms with E-state index in [0.717, 1.165) is 0 Å². The van der Waals surface area contributed by atoms with E-state index in [-0.39, 0.29) is 11.6 Å². The maximum atomic E-state index is 11.7. The number of aliphatic imine (C=N–C) groups is 1. The SMILES string of the molecule is CCC(N=C1C(=O)Nc2ccccc21)C(=O)O. The van der Waals surface area contributed by atoms with Crippen LogP contribution in [0.15, 0.2) is 29.3 Å². The molecule has 1 aliphatic heterocycles. The van der Waals surface area contributed by atoms with Crippen LogP contribution in [0.1, 0.15) is 18.9 Å². The lowest BCUT2D eigenvalue weighted by Crippen LogP contribution is -2.22. The molecule has 0 bridgehead atoms. The summed E-state index contributed by atoms with van der Waals surface area (Å²) in [4.78, 5) is 26.6. The first-order valence-corrected chi connectivity index (χ1v) is 5.35. The minimum atomic E-state index is -1.02. The van der Waals surface area contributed by atoms with E-state index in [1.165, 1.54) is 0 Å². The van der Waals surface area contributed by atoms with Gasteiger partial charge in [-0.25, -0.2) is 4.79 Å². The zero-order chi connectivity index (χ0) is 12.4. The first-order valence-electron chi connectivity index (χ1n) is 5.35. The molecule has 1 aliphatic rings. The summed E-state index contributed by atoms with van der Waals surface area (Å²) >= 11 is 0. The minimum Gasteiger partial charge on any atom is -0.480 e. The number of carboxylic acid groups (broad SMARTS) is 1. The smallest absolute Gasteiger partial charge is 0.328 e. The van der Waals surface area contributed by atoms with Gasteiger partial charge in [0.15, 0.2) is 0 Å². The molecule has 0 spiro atoms. The number of fused-ring (bicyclic) bond motifs is 1. The number of rotatable bonds is 3. The summed E-state index contributed by atoms with van der Waals surface area (Å²) in [7, 11) is 0. The lowest BCUT2D eigenvalue weighted by atomic mass is 10.1. The summed E-state index contributed by atoms with van der Waals surface area (Å²) < 4.78 is 0. The number of anilines is 1. The second-order valence-corrected chi connectivity index (χ2v) is 3.74. The van der Waals surface area contributed by atoms with E-state index in [1.54, 1.807) is 31.2 Å². The van der Waals surface area contributed by atoms with E-state index in [4.69, 9.17) is 5.11 Å². The predicted molar refractivity (Wildman–Crippen MR) is 63.3 cm³/mol. The van der Waals surface area contributed by atoms with Crippen molar-refractivity contribution in [1.82, 2.24) is 0 Å². The maximum Gasteiger partial charge on any atom is 0.328 e. The number of carboxylic acids is 1. The topological polar surface area (TPSA) is 78.8 Å². The molecule has 0 aliphatic carbocycles. The van der Waals surface area contributed by atoms with Gasteiger partial charge in [-0.05, 0) is 12.5 Å². The fourth-order valence-electron chi connectivity index (χ4n) is 1.71. The van der Waals surface area contributed by atoms with E-state index in [1.807, 2.05) is 0 Å². The van der Waals surface area contributed by atoms with Crippen molar-refractivity contribution >= 4 is 23.3 Å². The zero-order valence-corrected chi connectivity index (χ0v) is 9.30. The Morgan fingerprint density at radius 1 is 1.47 bits per heavy atom. The Kier molecular flexibility index (Phi) is 2.91. The van der Waals surface area contributed by atoms with Crippen molar-refractivity contribution in [1.29, 1.82) is 0 Å². The third kappa shape index (κ3) is 2.04. The Balaban J connectivity index is 2.42. The fraction of sp³-hybridized carbons (Fsp3) is 0.250. The number of carbonyl (C=O) groups excluding carboxylic acids is 1. The molecule has 5 heteroatoms. The Morgan fingerprint density at radius 3 is 2.82 bits per heavy atom. The van der Waals surface area contributed by atoms with Crippen molar-refractivity contribution in [3.05, 3.63) is 29.8 Å². The van der Waals surface area contributed by atoms with E-state index in [0.29, 0.717) is 17.7 Å². The highest BCUT2D eigenvalue weighted by molar-refractivity contribution is 6.53. The Bertz CT molecular complexity index is 508. The lowest BCUT2D eigenvalue weighted by Gasteiger charge is -2.04. The molecule has 0 aromatic heterocycles. The Hall–Kier alpha value is -2.17. The number of nitrogens with zero attached hydrogens (tertiary/aromatic N) is 1. The standard InChI is InChI=1S/C12H12N2O3/c1-2-8(12(16)17)13-10-7-5-3-4-6-9(7)14-11(10)15/h3-6,8H,2H2,1H3,(H,16,17)(H,13,14,15). The van der Waals surface area contributed by atoms with Crippen LogP contribution in [-0.2, 0) is 9.59 Å². The molecular weight excluding hydrogens is 220 g/mol. The van der Waals surface area contributed by atoms with Crippen LogP contribution < -0.4 is 5.32 Å². The zero-order valence-electron chi connectivity index (χ0n) is 9.30. The molecule has 17 heavy (non-hydrogen) atoms. The molecule has 1 amide bonds. The molecule has 1 aromatic rings. The van der Waals surface area contributed by atoms with Gasteiger partial charge in [-0.2, -0.15) is 0 Å². The average molecular weight is 232 g/mol. The van der Waals surface area contributed by atoms with Crippen molar-refractivity contribution in [2.24, 2.45) is 4.99 Å². The molecule has 5 nitrogen and oxygen atoms in total. The van der Waals surface area contributed by atoms with Crippen molar-refractivity contribution < 1.29 is 14.7 Å². The molecular formula is C12H12N2O3. The van der Waals surface area contributed by atoms with Crippen LogP contribution >= 0.6 is 0 Å². The van der Waals surface area contributed by atoms with Crippen LogP contribution in [0.4, 0.5) is 5.69 Å². The second-order valence-electron chi connectivity index (χ2n) is 3.74. The minimum absolute atomic E-state index is 0.204. The summed E-state index contributed by atoms with van der Waals surface area (Å²) in [6.45, 7) is 1.72. The van der Waals surface area contributed by atoms with Crippen LogP contribution in [0.2, 0.25) is 0 Å². The fourth-order valence-corrected chi connectivity index (χ4v) is 1.71. The molecule has 2 rings (SSSR count). The third-order valence-electron chi connectivity index (χ3n) is 2.60. The highest BCUT2D eigenvalue weighted by atomic mass is 16.4. The van der Waals surface area contributed by atoms with Crippen molar-refractivity contribution in [2.45, 2.75) is 19.4 Å². The van der Waals surface area contributed by atoms with Crippen LogP contribution in [0.5, 0.6) is 0 Å². The number of nitrogens with one attached hydrogen (secondary N) is 1. The molecule has 1 atom stereocenters. The van der Waals surface area contributed by atoms with E-state index in [2.05, 4.69) is 10.3 Å². The van der Waals surface area contributed by atoms with E-state index in [9.17, 15) is 9.59 Å². The highest BCUT2D eigenvalue weighted by Gasteiger charge is 2.27. The number of hydrogen-bond donors (Lipinski definition) is 2. The van der Waals surface area contributed by atoms with E-state index >= 15 is 0 Å². The van der Waals surface area contributed by atoms with Gasteiger partial charge in [0, 0.05) is 5.56 Å². The molecule has 0 fully saturated rings. The monoisotopic (exact) mass is 232 g/mol. The van der Waals surface area contributed by atoms with Crippen molar-refractivity contribution in [2.75, 3.05) is 5.32 Å². The number of hydrogen-bond acceptors (Lipinski definition) is 3. The van der Waals surface area contributed by atoms with Gasteiger partial charge >= 0.3 is 5.97 Å². The lowest BCUT2D eigenvalue weighted by molar-refractivity contribution is -0.138. The summed E-state index contributed by atoms with van der Waals surface area (Å²) in [5, 5.41) is 11.6. The Labute approximate surface area is 98.2 Å². The quantitative estimate of drug-likeness (QED) is 0.824. The van der Waals surface area contributed by atoms with Gasteiger partial charge in [0.05, 0.1) is 5.69 Å². The summed E-state index contributed by atoms with van der Waals surface area (Å²) in [6, 6.07) is 6.23. The first kappa shape index (κ1) is 11.3. The molecule has 88 valence electrons. The van der Waals surface area contributed by atoms with Gasteiger partial charge in [-0.3, -0.25) is 9.79 Å². The van der Waals surface area contributed by atoms with Gasteiger partial charge in [-0.1, -0.05) is 25.1 Å². The van der Waals surface area contributed by atoms with Crippen LogP contribution in [0.3, 0.4) is 0 Å². The number of para-hydroxylation sites is 1. The molecule has 0 saturated heterocycles. The average Bonchev–Trinajstić information content (AvgIpc) is 2.61. The third-order valence-corrected chi connectivity index (χ3v) is 2.60. The van der Waals surface area contributed by atoms with Crippen LogP contribution in [-0.4, -0.2) is 28.7 Å². The molecule has 1 aromatic carbocycles. The van der Waals surface area contributed by atoms with Gasteiger partial charge in [0.1, 0.15) is 11.8 Å². The van der Waals surface area contributed by atoms with Gasteiger partial charge < -0.3 is 10.4 Å². The van der Waals surface area contributed by atoms with Gasteiger partial charge in [0.2, 0.25) is 0 Å². The molecule has 1 heterocycles. The normalized spacial score (nSPS) is 17.7. The summed E-state index contributed by atoms with van der Waals surface area (Å²) in [5.74, 6) is -1.36. The van der Waals surface area contributed by atoms with Crippen LogP contribution in [0, 0.1) is 0 Å². The number of carbonyl (C=O) groups is 2. The van der Waals surface area contributed by atoms with Crippen molar-refractivity contribution in [3.8, 4) is 0 Å². The molecule has 1 unspecified atom stereocenters. The van der Waals surface area contributed by atoms with Gasteiger partial charge in [-0.15, -0.1) is 0 Å². The number of amides is 1. The molecule has 0 radical (unpaired) electrons. The maximum absolute atomic E-state index is 11.7. The Morgan fingerprint density at radius 2 is 2.18 bits per heavy atom. The number of aliphatic carboxylic acids is 1. The number of benzene rings is 1. The predicted octanol–water partition coefficient (Wildman–Crippen LogP) is 1.29. The summed E-state index contributed by atoms with van der Waals surface area (Å²) in [5.41, 5.74) is 1.54. The summed E-state index contributed by atoms with van der Waals surface area (Å²) in [6.07, 6.45) is 0.355. The first-order chi connectivity index (χ1) is 8.13. The highest BCUT2D eigenvalue weighted by Crippen LogP contribution is 2.23. The van der Waals surface area contributed by atoms with Crippen molar-refractivity contribution in [3.63, 3.8) is 0 Å². The second kappa shape index (κ2) is 4.37.